The predicted molar refractivity (Wildman–Crippen MR) is 177 cm³/mol. The molecule has 11 heteroatoms. The number of carbonyl (C=O) groups is 3. The van der Waals surface area contributed by atoms with Gasteiger partial charge in [0.05, 0.1) is 30.6 Å². The molecule has 2 aliphatic heterocycles. The number of Topliss-reactive ketones (excluding diaryl/α,β-unsaturated/α-hetero) is 1. The van der Waals surface area contributed by atoms with Gasteiger partial charge in [-0.25, -0.2) is 19.2 Å². The number of aliphatic imine (C=N–C) groups is 1. The molecule has 3 aromatic carbocycles. The maximum atomic E-state index is 14.3. The largest absolute Gasteiger partial charge is 0.491 e. The summed E-state index contributed by atoms with van der Waals surface area (Å²) in [5.41, 5.74) is 2.02. The molecule has 1 atom stereocenters. The molecule has 1 unspecified atom stereocenters. The molecule has 244 valence electrons. The summed E-state index contributed by atoms with van der Waals surface area (Å²) in [5, 5.41) is 6.89. The second kappa shape index (κ2) is 13.2. The first kappa shape index (κ1) is 30.9. The van der Waals surface area contributed by atoms with Crippen LogP contribution in [0.25, 0.3) is 0 Å². The fourth-order valence-electron chi connectivity index (χ4n) is 6.19. The minimum atomic E-state index is -0.689. The van der Waals surface area contributed by atoms with Gasteiger partial charge in [-0.1, -0.05) is 24.3 Å². The number of amidine groups is 1. The number of rotatable bonds is 9. The summed E-state index contributed by atoms with van der Waals surface area (Å²) in [4.78, 5) is 49.4. The van der Waals surface area contributed by atoms with Gasteiger partial charge in [0.15, 0.2) is 5.78 Å². The minimum Gasteiger partial charge on any atom is -0.491 e. The Morgan fingerprint density at radius 1 is 0.957 bits per heavy atom. The molecule has 3 fully saturated rings. The zero-order chi connectivity index (χ0) is 32.5. The summed E-state index contributed by atoms with van der Waals surface area (Å²) in [6.07, 6.45) is 4.14. The van der Waals surface area contributed by atoms with Crippen LogP contribution in [0.4, 0.5) is 26.2 Å². The van der Waals surface area contributed by atoms with Crippen molar-refractivity contribution in [2.45, 2.75) is 38.6 Å². The Hall–Kier alpha value is -4.77. The van der Waals surface area contributed by atoms with Gasteiger partial charge < -0.3 is 15.0 Å². The quantitative estimate of drug-likeness (QED) is 0.321. The molecule has 3 aromatic rings. The topological polar surface area (TPSA) is 97.8 Å². The van der Waals surface area contributed by atoms with Crippen molar-refractivity contribution >= 4 is 40.6 Å². The van der Waals surface area contributed by atoms with E-state index in [4.69, 9.17) is 9.73 Å². The summed E-state index contributed by atoms with van der Waals surface area (Å²) < 4.78 is 20.0. The van der Waals surface area contributed by atoms with Gasteiger partial charge in [0.1, 0.15) is 17.4 Å². The molecule has 47 heavy (non-hydrogen) atoms. The van der Waals surface area contributed by atoms with Crippen molar-refractivity contribution < 1.29 is 23.5 Å². The van der Waals surface area contributed by atoms with E-state index in [9.17, 15) is 18.8 Å². The Morgan fingerprint density at radius 2 is 1.66 bits per heavy atom. The number of carbonyl (C=O) groups excluding carboxylic acids is 3. The number of urea groups is 1. The predicted octanol–water partition coefficient (Wildman–Crippen LogP) is 5.74. The molecule has 0 aromatic heterocycles. The lowest BCUT2D eigenvalue weighted by molar-refractivity contribution is -0.136. The van der Waals surface area contributed by atoms with Crippen molar-refractivity contribution in [1.82, 2.24) is 14.9 Å². The molecule has 0 bridgehead atoms. The molecular weight excluding hydrogens is 599 g/mol. The molecule has 1 saturated heterocycles. The smallest absolute Gasteiger partial charge is 0.327 e. The third-order valence-electron chi connectivity index (χ3n) is 9.20. The Balaban J connectivity index is 1.26. The molecule has 2 saturated carbocycles. The Kier molecular flexibility index (Phi) is 8.64. The van der Waals surface area contributed by atoms with E-state index in [1.807, 2.05) is 59.3 Å². The average molecular weight is 639 g/mol. The Labute approximate surface area is 273 Å². The number of hydrogen-bond donors (Lipinski definition) is 1. The highest BCUT2D eigenvalue weighted by molar-refractivity contribution is 6.11. The monoisotopic (exact) mass is 638 g/mol. The SMILES string of the molecule is CC(C1=Nc2ccccc2C(=O)CN1N1CCN(C(=O)C2CC2)CC1)N(C(=O)Nc1ccc(F)cc1)c1ccccc1OCC1CC1. The van der Waals surface area contributed by atoms with Crippen LogP contribution in [0.1, 0.15) is 43.0 Å². The number of halogens is 1. The number of nitrogens with one attached hydrogen (secondary N) is 1. The standard InChI is InChI=1S/C36H39FN6O4/c1-24(43(36(46)38-28-16-14-27(37)15-17-28)31-8-4-5-9-33(31)47-23-25-10-11-25)34-39-30-7-3-2-6-29(30)32(44)22-42(34)41-20-18-40(19-21-41)35(45)26-12-13-26/h2-9,14-17,24-26H,10-13,18-23H2,1H3,(H,38,46). The molecule has 2 heterocycles. The molecule has 10 nitrogen and oxygen atoms in total. The van der Waals surface area contributed by atoms with Crippen molar-refractivity contribution in [2.24, 2.45) is 16.8 Å². The first-order valence-corrected chi connectivity index (χ1v) is 16.5. The number of fused-ring (bicyclic) bond motifs is 1. The second-order valence-electron chi connectivity index (χ2n) is 12.7. The number of ketones is 1. The highest BCUT2D eigenvalue weighted by Gasteiger charge is 2.39. The van der Waals surface area contributed by atoms with Crippen LogP contribution in [-0.2, 0) is 4.79 Å². The van der Waals surface area contributed by atoms with Crippen molar-refractivity contribution in [3.05, 3.63) is 84.2 Å². The maximum Gasteiger partial charge on any atom is 0.327 e. The van der Waals surface area contributed by atoms with E-state index >= 15 is 0 Å². The van der Waals surface area contributed by atoms with Crippen LogP contribution in [0, 0.1) is 17.7 Å². The summed E-state index contributed by atoms with van der Waals surface area (Å²) in [6.45, 7) is 4.61. The van der Waals surface area contributed by atoms with Gasteiger partial charge in [0, 0.05) is 43.3 Å². The summed E-state index contributed by atoms with van der Waals surface area (Å²) in [7, 11) is 0. The van der Waals surface area contributed by atoms with Crippen LogP contribution in [-0.4, -0.2) is 83.8 Å². The molecule has 7 rings (SSSR count). The number of nitrogens with zero attached hydrogens (tertiary/aromatic N) is 5. The first-order valence-electron chi connectivity index (χ1n) is 16.5. The van der Waals surface area contributed by atoms with E-state index in [1.54, 1.807) is 11.0 Å². The van der Waals surface area contributed by atoms with Crippen LogP contribution in [0.15, 0.2) is 77.8 Å². The Bertz CT molecular complexity index is 1680. The van der Waals surface area contributed by atoms with E-state index in [0.29, 0.717) is 72.9 Å². The zero-order valence-electron chi connectivity index (χ0n) is 26.5. The van der Waals surface area contributed by atoms with E-state index in [2.05, 4.69) is 10.3 Å². The van der Waals surface area contributed by atoms with E-state index in [0.717, 1.165) is 25.7 Å². The van der Waals surface area contributed by atoms with Gasteiger partial charge in [-0.2, -0.15) is 0 Å². The number of hydrogen-bond acceptors (Lipinski definition) is 7. The fraction of sp³-hybridized carbons (Fsp3) is 0.389. The van der Waals surface area contributed by atoms with E-state index in [1.165, 1.54) is 24.3 Å². The molecule has 0 spiro atoms. The highest BCUT2D eigenvalue weighted by Crippen LogP contribution is 2.36. The van der Waals surface area contributed by atoms with Gasteiger partial charge in [0.25, 0.3) is 0 Å². The van der Waals surface area contributed by atoms with Crippen LogP contribution < -0.4 is 15.0 Å². The van der Waals surface area contributed by atoms with Crippen molar-refractivity contribution in [3.63, 3.8) is 0 Å². The van der Waals surface area contributed by atoms with E-state index < -0.39 is 17.9 Å². The second-order valence-corrected chi connectivity index (χ2v) is 12.7. The summed E-state index contributed by atoms with van der Waals surface area (Å²) >= 11 is 0. The van der Waals surface area contributed by atoms with Gasteiger partial charge in [-0.3, -0.25) is 19.5 Å². The third kappa shape index (κ3) is 6.85. The minimum absolute atomic E-state index is 0.0318. The molecule has 2 aliphatic carbocycles. The number of amides is 3. The van der Waals surface area contributed by atoms with Crippen LogP contribution >= 0.6 is 0 Å². The maximum absolute atomic E-state index is 14.3. The van der Waals surface area contributed by atoms with Crippen LogP contribution in [0.2, 0.25) is 0 Å². The lowest BCUT2D eigenvalue weighted by atomic mass is 10.1. The average Bonchev–Trinajstić information content (AvgIpc) is 4.01. The van der Waals surface area contributed by atoms with Crippen molar-refractivity contribution in [2.75, 3.05) is 49.5 Å². The summed E-state index contributed by atoms with van der Waals surface area (Å²) in [6, 6.07) is 19.1. The highest BCUT2D eigenvalue weighted by atomic mass is 19.1. The Morgan fingerprint density at radius 3 is 2.38 bits per heavy atom. The molecule has 0 radical (unpaired) electrons. The number of piperazine rings is 1. The van der Waals surface area contributed by atoms with Gasteiger partial charge in [-0.05, 0) is 87.1 Å². The van der Waals surface area contributed by atoms with Gasteiger partial charge in [0.2, 0.25) is 5.91 Å². The number of para-hydroxylation sites is 3. The van der Waals surface area contributed by atoms with Crippen molar-refractivity contribution in [1.29, 1.82) is 0 Å². The number of benzene rings is 3. The third-order valence-corrected chi connectivity index (χ3v) is 9.20. The lowest BCUT2D eigenvalue weighted by Crippen LogP contribution is -2.61. The summed E-state index contributed by atoms with van der Waals surface area (Å²) in [5.74, 6) is 1.43. The van der Waals surface area contributed by atoms with Crippen LogP contribution in [0.3, 0.4) is 0 Å². The normalized spacial score (nSPS) is 18.9. The molecular formula is C36H39FN6O4. The van der Waals surface area contributed by atoms with Gasteiger partial charge >= 0.3 is 6.03 Å². The number of hydrazine groups is 1. The van der Waals surface area contributed by atoms with Gasteiger partial charge in [-0.15, -0.1) is 0 Å². The molecule has 1 N–H and O–H groups in total. The number of anilines is 2. The lowest BCUT2D eigenvalue weighted by Gasteiger charge is -2.44. The molecule has 3 amide bonds. The van der Waals surface area contributed by atoms with Crippen molar-refractivity contribution in [3.8, 4) is 5.75 Å². The fourth-order valence-corrected chi connectivity index (χ4v) is 6.19. The zero-order valence-corrected chi connectivity index (χ0v) is 26.5. The molecule has 4 aliphatic rings. The first-order chi connectivity index (χ1) is 22.9. The van der Waals surface area contributed by atoms with Crippen LogP contribution in [0.5, 0.6) is 5.75 Å². The van der Waals surface area contributed by atoms with E-state index in [-0.39, 0.29) is 24.2 Å². The number of ether oxygens (including phenoxy) is 1.